The molecule has 0 spiro atoms. The molecule has 0 aliphatic rings. The molecule has 1 aromatic carbocycles. The number of carbonyl (C=O) groups is 1. The second kappa shape index (κ2) is 5.85. The lowest BCUT2D eigenvalue weighted by molar-refractivity contribution is 0.0524. The van der Waals surface area contributed by atoms with E-state index in [0.29, 0.717) is 33.3 Å². The quantitative estimate of drug-likeness (QED) is 0.865. The van der Waals surface area contributed by atoms with Crippen LogP contribution in [0.5, 0.6) is 5.75 Å². The number of rotatable bonds is 4. The Hall–Kier alpha value is -1.53. The summed E-state index contributed by atoms with van der Waals surface area (Å²) in [6.45, 7) is 2.51. The number of aromatic hydroxyl groups is 1. The molecular weight excluding hydrogens is 326 g/mol. The third kappa shape index (κ3) is 2.81. The van der Waals surface area contributed by atoms with Crippen molar-refractivity contribution in [2.24, 2.45) is 0 Å². The highest BCUT2D eigenvalue weighted by atomic mass is 79.9. The molecule has 1 N–H and O–H groups in total. The van der Waals surface area contributed by atoms with Crippen LogP contribution in [-0.2, 0) is 11.3 Å². The van der Waals surface area contributed by atoms with E-state index in [-0.39, 0.29) is 12.4 Å². The molecule has 2 aromatic rings. The molecule has 0 bridgehead atoms. The molecule has 0 amide bonds. The number of halogens is 1. The van der Waals surface area contributed by atoms with E-state index in [9.17, 15) is 9.90 Å². The van der Waals surface area contributed by atoms with Crippen molar-refractivity contribution in [1.82, 2.24) is 4.90 Å². The van der Waals surface area contributed by atoms with Gasteiger partial charge >= 0.3 is 5.97 Å². The van der Waals surface area contributed by atoms with Gasteiger partial charge in [-0.05, 0) is 49.1 Å². The molecule has 1 aromatic heterocycles. The molecule has 0 atom stereocenters. The smallest absolute Gasteiger partial charge is 0.342 e. The zero-order valence-electron chi connectivity index (χ0n) is 11.6. The lowest BCUT2D eigenvalue weighted by Gasteiger charge is -2.08. The number of phenols is 1. The van der Waals surface area contributed by atoms with Gasteiger partial charge in [0.15, 0.2) is 0 Å². The number of hydrogen-bond acceptors (Lipinski definition) is 5. The zero-order valence-corrected chi connectivity index (χ0v) is 13.2. The number of carbonyl (C=O) groups excluding carboxylic acids is 1. The zero-order chi connectivity index (χ0) is 14.9. The minimum Gasteiger partial charge on any atom is -0.507 e. The van der Waals surface area contributed by atoms with Crippen LogP contribution in [0.2, 0.25) is 0 Å². The van der Waals surface area contributed by atoms with E-state index in [4.69, 9.17) is 9.15 Å². The van der Waals surface area contributed by atoms with E-state index in [0.717, 1.165) is 0 Å². The Morgan fingerprint density at radius 2 is 2.15 bits per heavy atom. The Labute approximate surface area is 125 Å². The molecule has 0 saturated carbocycles. The molecule has 0 saturated heterocycles. The van der Waals surface area contributed by atoms with Crippen LogP contribution >= 0.6 is 15.9 Å². The first-order valence-electron chi connectivity index (χ1n) is 6.19. The van der Waals surface area contributed by atoms with Crippen molar-refractivity contribution in [3.8, 4) is 5.75 Å². The van der Waals surface area contributed by atoms with Crippen LogP contribution in [0.25, 0.3) is 11.0 Å². The normalized spacial score (nSPS) is 11.2. The average Bonchev–Trinajstić information content (AvgIpc) is 2.66. The van der Waals surface area contributed by atoms with E-state index in [1.807, 2.05) is 19.0 Å². The summed E-state index contributed by atoms with van der Waals surface area (Å²) in [4.78, 5) is 14.0. The van der Waals surface area contributed by atoms with Crippen molar-refractivity contribution in [3.05, 3.63) is 27.9 Å². The third-order valence-corrected chi connectivity index (χ3v) is 3.40. The summed E-state index contributed by atoms with van der Waals surface area (Å²) in [7, 11) is 3.77. The maximum Gasteiger partial charge on any atom is 0.342 e. The van der Waals surface area contributed by atoms with Gasteiger partial charge in [-0.25, -0.2) is 4.79 Å². The van der Waals surface area contributed by atoms with Gasteiger partial charge in [-0.3, -0.25) is 0 Å². The van der Waals surface area contributed by atoms with Crippen LogP contribution in [0.4, 0.5) is 0 Å². The lowest BCUT2D eigenvalue weighted by atomic mass is 10.1. The highest BCUT2D eigenvalue weighted by Crippen LogP contribution is 2.35. The summed E-state index contributed by atoms with van der Waals surface area (Å²) in [6, 6.07) is 3.15. The Morgan fingerprint density at radius 1 is 1.45 bits per heavy atom. The molecule has 20 heavy (non-hydrogen) atoms. The second-order valence-corrected chi connectivity index (χ2v) is 5.51. The summed E-state index contributed by atoms with van der Waals surface area (Å²) in [6.07, 6.45) is 0. The lowest BCUT2D eigenvalue weighted by Crippen LogP contribution is -2.14. The number of benzene rings is 1. The second-order valence-electron chi connectivity index (χ2n) is 4.66. The Bertz CT molecular complexity index is 648. The predicted octanol–water partition coefficient (Wildman–Crippen LogP) is 3.14. The minimum absolute atomic E-state index is 0.0558. The molecule has 6 heteroatoms. The summed E-state index contributed by atoms with van der Waals surface area (Å²) < 4.78 is 11.3. The SMILES string of the molecule is CCOC(=O)c1c(CN(C)C)oc2cc(Br)c(O)cc12. The molecular formula is C14H16BrNO4. The van der Waals surface area contributed by atoms with Crippen LogP contribution in [0.1, 0.15) is 23.0 Å². The number of nitrogens with zero attached hydrogens (tertiary/aromatic N) is 1. The van der Waals surface area contributed by atoms with E-state index < -0.39 is 5.97 Å². The Kier molecular flexibility index (Phi) is 4.35. The number of furan rings is 1. The first-order chi connectivity index (χ1) is 9.43. The first kappa shape index (κ1) is 14.9. The minimum atomic E-state index is -0.440. The van der Waals surface area contributed by atoms with Crippen molar-refractivity contribution < 1.29 is 19.1 Å². The third-order valence-electron chi connectivity index (χ3n) is 2.77. The summed E-state index contributed by atoms with van der Waals surface area (Å²) >= 11 is 3.23. The number of ether oxygens (including phenoxy) is 1. The highest BCUT2D eigenvalue weighted by molar-refractivity contribution is 9.10. The standard InChI is InChI=1S/C14H16BrNO4/c1-4-19-14(18)13-8-5-10(17)9(15)6-11(8)20-12(13)7-16(2)3/h5-6,17H,4,7H2,1-3H3. The number of esters is 1. The van der Waals surface area contributed by atoms with Crippen molar-refractivity contribution in [3.63, 3.8) is 0 Å². The van der Waals surface area contributed by atoms with Gasteiger partial charge in [0.25, 0.3) is 0 Å². The molecule has 0 unspecified atom stereocenters. The van der Waals surface area contributed by atoms with Gasteiger partial charge in [-0.1, -0.05) is 0 Å². The van der Waals surface area contributed by atoms with Crippen LogP contribution in [0.15, 0.2) is 21.0 Å². The van der Waals surface area contributed by atoms with Crippen LogP contribution in [-0.4, -0.2) is 36.7 Å². The van der Waals surface area contributed by atoms with Gasteiger partial charge in [0.2, 0.25) is 0 Å². The molecule has 0 radical (unpaired) electrons. The molecule has 0 aliphatic carbocycles. The Morgan fingerprint density at radius 3 is 2.75 bits per heavy atom. The van der Waals surface area contributed by atoms with Gasteiger partial charge in [-0.2, -0.15) is 0 Å². The monoisotopic (exact) mass is 341 g/mol. The molecule has 108 valence electrons. The number of hydrogen-bond donors (Lipinski definition) is 1. The average molecular weight is 342 g/mol. The van der Waals surface area contributed by atoms with E-state index >= 15 is 0 Å². The van der Waals surface area contributed by atoms with E-state index in [1.165, 1.54) is 6.07 Å². The fourth-order valence-electron chi connectivity index (χ4n) is 1.98. The maximum atomic E-state index is 12.1. The Balaban J connectivity index is 2.64. The molecule has 5 nitrogen and oxygen atoms in total. The first-order valence-corrected chi connectivity index (χ1v) is 6.99. The van der Waals surface area contributed by atoms with Gasteiger partial charge in [0.1, 0.15) is 22.7 Å². The van der Waals surface area contributed by atoms with Crippen molar-refractivity contribution in [2.45, 2.75) is 13.5 Å². The largest absolute Gasteiger partial charge is 0.507 e. The predicted molar refractivity (Wildman–Crippen MR) is 78.9 cm³/mol. The van der Waals surface area contributed by atoms with Crippen molar-refractivity contribution in [2.75, 3.05) is 20.7 Å². The van der Waals surface area contributed by atoms with Crippen molar-refractivity contribution in [1.29, 1.82) is 0 Å². The molecule has 0 aliphatic heterocycles. The van der Waals surface area contributed by atoms with Crippen LogP contribution < -0.4 is 0 Å². The van der Waals surface area contributed by atoms with Crippen LogP contribution in [0.3, 0.4) is 0 Å². The topological polar surface area (TPSA) is 62.9 Å². The molecule has 0 fully saturated rings. The van der Waals surface area contributed by atoms with Crippen LogP contribution in [0, 0.1) is 0 Å². The maximum absolute atomic E-state index is 12.1. The number of fused-ring (bicyclic) bond motifs is 1. The fourth-order valence-corrected chi connectivity index (χ4v) is 2.31. The highest BCUT2D eigenvalue weighted by Gasteiger charge is 2.23. The van der Waals surface area contributed by atoms with Gasteiger partial charge < -0.3 is 19.2 Å². The van der Waals surface area contributed by atoms with E-state index in [1.54, 1.807) is 13.0 Å². The fraction of sp³-hybridized carbons (Fsp3) is 0.357. The van der Waals surface area contributed by atoms with Gasteiger partial charge in [0.05, 0.1) is 17.6 Å². The van der Waals surface area contributed by atoms with Crippen molar-refractivity contribution >= 4 is 32.9 Å². The molecule has 1 heterocycles. The summed E-state index contributed by atoms with van der Waals surface area (Å²) in [5.74, 6) is 0.144. The van der Waals surface area contributed by atoms with Gasteiger partial charge in [-0.15, -0.1) is 0 Å². The number of phenolic OH excluding ortho intramolecular Hbond substituents is 1. The molecule has 2 rings (SSSR count). The summed E-state index contributed by atoms with van der Waals surface area (Å²) in [5.41, 5.74) is 0.910. The summed E-state index contributed by atoms with van der Waals surface area (Å²) in [5, 5.41) is 10.3. The van der Waals surface area contributed by atoms with E-state index in [2.05, 4.69) is 15.9 Å². The van der Waals surface area contributed by atoms with Gasteiger partial charge in [0, 0.05) is 5.39 Å².